The second-order valence-electron chi connectivity index (χ2n) is 4.24. The van der Waals surface area contributed by atoms with E-state index in [1.54, 1.807) is 28.9 Å². The van der Waals surface area contributed by atoms with Gasteiger partial charge in [-0.25, -0.2) is 14.5 Å². The molecule has 2 heterocycles. The molecule has 3 aromatic rings. The summed E-state index contributed by atoms with van der Waals surface area (Å²) in [6.07, 6.45) is 2.93. The molecule has 0 amide bonds. The maximum absolute atomic E-state index is 11.1. The molecular weight excluding hydrogens is 301 g/mol. The molecule has 0 aliphatic rings. The number of hydrogen-bond donors (Lipinski definition) is 1. The fourth-order valence-electron chi connectivity index (χ4n) is 2.00. The van der Waals surface area contributed by atoms with E-state index in [0.29, 0.717) is 11.3 Å². The van der Waals surface area contributed by atoms with E-state index < -0.39 is 11.1 Å². The van der Waals surface area contributed by atoms with Gasteiger partial charge in [-0.1, -0.05) is 6.07 Å². The smallest absolute Gasteiger partial charge is 0.768 e. The number of rotatable bonds is 2. The molecule has 0 aliphatic heterocycles. The van der Waals surface area contributed by atoms with Gasteiger partial charge in [-0.15, -0.1) is 0 Å². The Kier molecular flexibility index (Phi) is 4.74. The third-order valence-electron chi connectivity index (χ3n) is 3.01. The summed E-state index contributed by atoms with van der Waals surface area (Å²) in [6.45, 7) is 1.89. The zero-order valence-corrected chi connectivity index (χ0v) is 14.3. The van der Waals surface area contributed by atoms with E-state index in [1.807, 2.05) is 6.92 Å². The van der Waals surface area contributed by atoms with Crippen LogP contribution in [0.25, 0.3) is 16.9 Å². The second kappa shape index (κ2) is 6.20. The normalized spacial score (nSPS) is 12.1. The molecule has 2 aromatic heterocycles. The fraction of sp³-hybridized carbons (Fsp3) is 0.0833. The van der Waals surface area contributed by atoms with Crippen molar-refractivity contribution in [3.63, 3.8) is 0 Å². The number of nitrogen functional groups attached to an aromatic ring is 1. The first kappa shape index (κ1) is 16.1. The minimum atomic E-state index is -2.28. The summed E-state index contributed by atoms with van der Waals surface area (Å²) in [4.78, 5) is 8.25. The Bertz CT molecular complexity index is 836. The van der Waals surface area contributed by atoms with Gasteiger partial charge in [0.05, 0.1) is 11.9 Å². The predicted molar refractivity (Wildman–Crippen MR) is 72.6 cm³/mol. The Balaban J connectivity index is 0.00000161. The Labute approximate surface area is 145 Å². The van der Waals surface area contributed by atoms with Crippen molar-refractivity contribution in [1.29, 1.82) is 0 Å². The molecule has 1 unspecified atom stereocenters. The summed E-state index contributed by atoms with van der Waals surface area (Å²) in [7, 11) is 0. The number of nitrogens with two attached hydrogens (primary N) is 1. The van der Waals surface area contributed by atoms with Gasteiger partial charge in [0, 0.05) is 10.5 Å². The van der Waals surface area contributed by atoms with Crippen molar-refractivity contribution in [1.82, 2.24) is 19.6 Å². The maximum atomic E-state index is 11.1. The summed E-state index contributed by atoms with van der Waals surface area (Å²) in [5.74, 6) is 0.271. The van der Waals surface area contributed by atoms with Gasteiger partial charge in [-0.3, -0.25) is 4.21 Å². The van der Waals surface area contributed by atoms with Crippen LogP contribution in [-0.2, 0) is 11.1 Å². The van der Waals surface area contributed by atoms with Crippen LogP contribution in [0.3, 0.4) is 0 Å². The van der Waals surface area contributed by atoms with Crippen molar-refractivity contribution in [3.8, 4) is 11.3 Å². The van der Waals surface area contributed by atoms with Crippen LogP contribution in [0.15, 0.2) is 35.6 Å². The third-order valence-corrected chi connectivity index (χ3v) is 3.65. The molecule has 0 saturated carbocycles. The summed E-state index contributed by atoms with van der Waals surface area (Å²) in [5.41, 5.74) is 8.49. The maximum Gasteiger partial charge on any atom is 1.00 e. The molecule has 0 aliphatic carbocycles. The molecule has 1 aromatic carbocycles. The minimum absolute atomic E-state index is 0. The number of imidazole rings is 1. The van der Waals surface area contributed by atoms with Crippen molar-refractivity contribution in [2.45, 2.75) is 11.8 Å². The zero-order chi connectivity index (χ0) is 14.3. The summed E-state index contributed by atoms with van der Waals surface area (Å²) < 4.78 is 23.7. The number of hydrogen-bond acceptors (Lipinski definition) is 6. The molecule has 2 N–H and O–H groups in total. The van der Waals surface area contributed by atoms with Crippen LogP contribution in [0.2, 0.25) is 0 Å². The molecule has 0 fully saturated rings. The van der Waals surface area contributed by atoms with E-state index in [1.165, 1.54) is 6.33 Å². The average molecular weight is 311 g/mol. The monoisotopic (exact) mass is 311 g/mol. The van der Waals surface area contributed by atoms with Crippen LogP contribution < -0.4 is 35.3 Å². The van der Waals surface area contributed by atoms with Crippen LogP contribution in [0.1, 0.15) is 5.56 Å². The van der Waals surface area contributed by atoms with Crippen molar-refractivity contribution in [2.24, 2.45) is 0 Å². The number of nitrogens with zero attached hydrogens (tertiary/aromatic N) is 4. The van der Waals surface area contributed by atoms with Crippen LogP contribution in [-0.4, -0.2) is 28.3 Å². The van der Waals surface area contributed by atoms with Gasteiger partial charge in [0.2, 0.25) is 0 Å². The molecule has 0 bridgehead atoms. The van der Waals surface area contributed by atoms with E-state index in [-0.39, 0.29) is 40.3 Å². The topological polar surface area (TPSA) is 109 Å². The fourth-order valence-corrected chi connectivity index (χ4v) is 2.39. The van der Waals surface area contributed by atoms with Crippen LogP contribution in [0, 0.1) is 6.92 Å². The zero-order valence-electron chi connectivity index (χ0n) is 11.5. The molecule has 1 atom stereocenters. The van der Waals surface area contributed by atoms with Crippen LogP contribution >= 0.6 is 0 Å². The van der Waals surface area contributed by atoms with Crippen molar-refractivity contribution >= 4 is 22.5 Å². The van der Waals surface area contributed by atoms with Crippen molar-refractivity contribution in [3.05, 3.63) is 36.3 Å². The molecular formula is C12H10N5NaO2S. The summed E-state index contributed by atoms with van der Waals surface area (Å²) in [6, 6.07) is 4.87. The molecule has 0 radical (unpaired) electrons. The first-order valence-corrected chi connectivity index (χ1v) is 6.80. The number of fused-ring (bicyclic) bond motifs is 1. The summed E-state index contributed by atoms with van der Waals surface area (Å²) >= 11 is -2.28. The minimum Gasteiger partial charge on any atom is -0.768 e. The quantitative estimate of drug-likeness (QED) is 0.430. The Morgan fingerprint density at radius 1 is 1.33 bits per heavy atom. The van der Waals surface area contributed by atoms with Gasteiger partial charge in [0.1, 0.15) is 6.33 Å². The number of aromatic nitrogens is 4. The van der Waals surface area contributed by atoms with Gasteiger partial charge >= 0.3 is 29.6 Å². The Hall–Kier alpha value is -1.32. The molecule has 0 spiro atoms. The predicted octanol–water partition coefficient (Wildman–Crippen LogP) is -2.08. The van der Waals surface area contributed by atoms with Gasteiger partial charge < -0.3 is 10.3 Å². The number of aryl methyl sites for hydroxylation is 1. The van der Waals surface area contributed by atoms with Crippen molar-refractivity contribution in [2.75, 3.05) is 5.73 Å². The van der Waals surface area contributed by atoms with Gasteiger partial charge in [0.25, 0.3) is 0 Å². The van der Waals surface area contributed by atoms with E-state index >= 15 is 0 Å². The molecule has 102 valence electrons. The number of anilines is 1. The average Bonchev–Trinajstić information content (AvgIpc) is 2.84. The standard InChI is InChI=1S/C12H11N5O2S.Na/c1-7-2-3-8(20(18)19)4-9(7)10-5-14-12-11(13)15-6-16-17(10)12;/h2-6H,1H3,(H,18,19)(H2,13,15,16);/q;+1/p-1. The SMILES string of the molecule is Cc1ccc(S(=O)[O-])cc1-c1cnc2c(N)ncnn12.[Na+]. The Morgan fingerprint density at radius 2 is 2.10 bits per heavy atom. The van der Waals surface area contributed by atoms with Gasteiger partial charge in [0.15, 0.2) is 11.5 Å². The number of benzene rings is 1. The Morgan fingerprint density at radius 3 is 2.81 bits per heavy atom. The third kappa shape index (κ3) is 2.85. The molecule has 7 nitrogen and oxygen atoms in total. The van der Waals surface area contributed by atoms with E-state index in [9.17, 15) is 8.76 Å². The van der Waals surface area contributed by atoms with Gasteiger partial charge in [-0.2, -0.15) is 5.10 Å². The van der Waals surface area contributed by atoms with Crippen molar-refractivity contribution < 1.29 is 38.3 Å². The summed E-state index contributed by atoms with van der Waals surface area (Å²) in [5, 5.41) is 4.10. The molecule has 3 rings (SSSR count). The molecule has 9 heteroatoms. The second-order valence-corrected chi connectivity index (χ2v) is 5.18. The first-order valence-electron chi connectivity index (χ1n) is 5.72. The molecule has 0 saturated heterocycles. The molecule has 21 heavy (non-hydrogen) atoms. The van der Waals surface area contributed by atoms with E-state index in [2.05, 4.69) is 15.1 Å². The van der Waals surface area contributed by atoms with Gasteiger partial charge in [-0.05, 0) is 35.7 Å². The van der Waals surface area contributed by atoms with E-state index in [4.69, 9.17) is 5.73 Å². The first-order chi connectivity index (χ1) is 9.58. The van der Waals surface area contributed by atoms with Crippen LogP contribution in [0.5, 0.6) is 0 Å². The largest absolute Gasteiger partial charge is 1.00 e. The van der Waals surface area contributed by atoms with E-state index in [0.717, 1.165) is 11.1 Å². The van der Waals surface area contributed by atoms with Crippen LogP contribution in [0.4, 0.5) is 5.82 Å².